The second-order valence-corrected chi connectivity index (χ2v) is 2.77. The van der Waals surface area contributed by atoms with Crippen molar-refractivity contribution in [3.8, 4) is 0 Å². The van der Waals surface area contributed by atoms with E-state index in [-0.39, 0.29) is 0 Å². The van der Waals surface area contributed by atoms with Gasteiger partial charge < -0.3 is 0 Å². The molecule has 0 saturated heterocycles. The quantitative estimate of drug-likeness (QED) is 0.657. The fourth-order valence-corrected chi connectivity index (χ4v) is 1.10. The molecule has 1 aliphatic heterocycles. The van der Waals surface area contributed by atoms with Gasteiger partial charge in [-0.15, -0.1) is 10.2 Å². The minimum absolute atomic E-state index is 0.654. The number of rotatable bonds is 2. The first kappa shape index (κ1) is 7.91. The van der Waals surface area contributed by atoms with Gasteiger partial charge in [0, 0.05) is 11.9 Å². The van der Waals surface area contributed by atoms with Crippen LogP contribution in [0, 0.1) is 0 Å². The molecule has 1 aromatic heterocycles. The Morgan fingerprint density at radius 3 is 2.77 bits per heavy atom. The van der Waals surface area contributed by atoms with Crippen LogP contribution in [0.3, 0.4) is 0 Å². The molecule has 0 bridgehead atoms. The van der Waals surface area contributed by atoms with Gasteiger partial charge in [-0.2, -0.15) is 0 Å². The summed E-state index contributed by atoms with van der Waals surface area (Å²) in [6.45, 7) is 1.83. The molecule has 1 radical (unpaired) electrons. The highest BCUT2D eigenvalue weighted by molar-refractivity contribution is 6.02. The Morgan fingerprint density at radius 1 is 1.23 bits per heavy atom. The van der Waals surface area contributed by atoms with Crippen molar-refractivity contribution in [2.45, 2.75) is 13.3 Å². The predicted octanol–water partition coefficient (Wildman–Crippen LogP) is 0.974. The van der Waals surface area contributed by atoms with Gasteiger partial charge in [0.1, 0.15) is 5.84 Å². The van der Waals surface area contributed by atoms with Crippen molar-refractivity contribution >= 4 is 11.7 Å². The number of nitrogens with zero attached hydrogens (tertiary/aromatic N) is 4. The Bertz CT molecular complexity index is 353. The molecule has 65 valence electrons. The predicted molar refractivity (Wildman–Crippen MR) is 50.6 cm³/mol. The lowest BCUT2D eigenvalue weighted by Crippen LogP contribution is -2.18. The van der Waals surface area contributed by atoms with Crippen molar-refractivity contribution in [1.29, 1.82) is 0 Å². The molecule has 0 spiro atoms. The highest BCUT2D eigenvalue weighted by Gasteiger charge is 2.10. The summed E-state index contributed by atoms with van der Waals surface area (Å²) in [5.74, 6) is 1.45. The molecule has 4 nitrogen and oxygen atoms in total. The van der Waals surface area contributed by atoms with E-state index in [1.807, 2.05) is 25.1 Å². The third kappa shape index (κ3) is 1.90. The Kier molecular flexibility index (Phi) is 2.04. The van der Waals surface area contributed by atoms with Gasteiger partial charge in [-0.25, -0.2) is 5.32 Å². The smallest absolute Gasteiger partial charge is 0.159 e. The van der Waals surface area contributed by atoms with Crippen LogP contribution in [0.25, 0.3) is 0 Å². The van der Waals surface area contributed by atoms with Crippen molar-refractivity contribution in [2.24, 2.45) is 10.2 Å². The van der Waals surface area contributed by atoms with Crippen LogP contribution in [0.5, 0.6) is 0 Å². The van der Waals surface area contributed by atoms with Gasteiger partial charge in [-0.05, 0) is 19.1 Å². The third-order valence-corrected chi connectivity index (χ3v) is 1.67. The Hall–Kier alpha value is -1.71. The van der Waals surface area contributed by atoms with E-state index >= 15 is 0 Å². The monoisotopic (exact) mass is 173 g/mol. The maximum absolute atomic E-state index is 4.18. The second-order valence-electron chi connectivity index (χ2n) is 2.77. The molecule has 2 heterocycles. The van der Waals surface area contributed by atoms with E-state index in [1.165, 1.54) is 0 Å². The minimum Gasteiger partial charge on any atom is -0.261 e. The zero-order valence-electron chi connectivity index (χ0n) is 7.31. The lowest BCUT2D eigenvalue weighted by molar-refractivity contribution is 1.10. The molecule has 0 N–H and O–H groups in total. The van der Waals surface area contributed by atoms with E-state index < -0.39 is 0 Å². The first-order chi connectivity index (χ1) is 6.34. The molecule has 1 aliphatic rings. The number of aromatic nitrogens is 1. The van der Waals surface area contributed by atoms with Gasteiger partial charge in [0.2, 0.25) is 0 Å². The molecule has 0 fully saturated rings. The fraction of sp³-hybridized carbons (Fsp3) is 0.222. The summed E-state index contributed by atoms with van der Waals surface area (Å²) in [7, 11) is 0. The van der Waals surface area contributed by atoms with E-state index in [2.05, 4.69) is 20.5 Å². The van der Waals surface area contributed by atoms with Crippen molar-refractivity contribution < 1.29 is 0 Å². The van der Waals surface area contributed by atoms with Crippen LogP contribution in [0.15, 0.2) is 34.6 Å². The van der Waals surface area contributed by atoms with Crippen molar-refractivity contribution in [3.05, 3.63) is 30.1 Å². The van der Waals surface area contributed by atoms with Crippen LogP contribution in [0.4, 0.5) is 0 Å². The lowest BCUT2D eigenvalue weighted by Gasteiger charge is -1.97. The average Bonchev–Trinajstić information content (AvgIpc) is 2.53. The summed E-state index contributed by atoms with van der Waals surface area (Å²) in [5.41, 5.74) is 0.968. The molecule has 13 heavy (non-hydrogen) atoms. The molecular formula is C9H9N4. The van der Waals surface area contributed by atoms with Crippen LogP contribution in [-0.4, -0.2) is 16.7 Å². The van der Waals surface area contributed by atoms with Gasteiger partial charge in [0.05, 0.1) is 6.42 Å². The molecule has 1 aromatic rings. The van der Waals surface area contributed by atoms with Gasteiger partial charge in [-0.1, -0.05) is 6.07 Å². The number of hydrogen-bond acceptors (Lipinski definition) is 3. The molecule has 0 atom stereocenters. The molecule has 0 amide bonds. The van der Waals surface area contributed by atoms with Crippen LogP contribution in [-0.2, 0) is 6.42 Å². The zero-order valence-corrected chi connectivity index (χ0v) is 7.31. The van der Waals surface area contributed by atoms with Crippen molar-refractivity contribution in [2.75, 3.05) is 0 Å². The van der Waals surface area contributed by atoms with Crippen LogP contribution in [0.2, 0.25) is 0 Å². The highest BCUT2D eigenvalue weighted by Crippen LogP contribution is 2.00. The van der Waals surface area contributed by atoms with Crippen LogP contribution >= 0.6 is 0 Å². The number of pyridine rings is 1. The maximum Gasteiger partial charge on any atom is 0.159 e. The summed E-state index contributed by atoms with van der Waals surface area (Å²) < 4.78 is 0. The summed E-state index contributed by atoms with van der Waals surface area (Å²) in [5, 5.41) is 11.9. The highest BCUT2D eigenvalue weighted by atomic mass is 15.3. The summed E-state index contributed by atoms with van der Waals surface area (Å²) in [4.78, 5) is 4.18. The molecule has 0 aliphatic carbocycles. The first-order valence-electron chi connectivity index (χ1n) is 4.07. The van der Waals surface area contributed by atoms with E-state index in [4.69, 9.17) is 0 Å². The van der Waals surface area contributed by atoms with Crippen molar-refractivity contribution in [1.82, 2.24) is 10.3 Å². The minimum atomic E-state index is 0.654. The van der Waals surface area contributed by atoms with Gasteiger partial charge in [0.25, 0.3) is 0 Å². The lowest BCUT2D eigenvalue weighted by atomic mass is 10.2. The topological polar surface area (TPSA) is 51.7 Å². The average molecular weight is 173 g/mol. The Morgan fingerprint density at radius 2 is 2.15 bits per heavy atom. The molecule has 0 unspecified atom stereocenters. The van der Waals surface area contributed by atoms with Gasteiger partial charge in [-0.3, -0.25) is 4.98 Å². The number of hydrogen-bond donors (Lipinski definition) is 0. The van der Waals surface area contributed by atoms with E-state index in [0.717, 1.165) is 11.5 Å². The maximum atomic E-state index is 4.18. The standard InChI is InChI=1S/C9H9N4/c1-7-11-9(13-12-7)6-8-4-2-3-5-10-8/h2-5H,6H2,1H3. The van der Waals surface area contributed by atoms with Gasteiger partial charge >= 0.3 is 0 Å². The Balaban J connectivity index is 2.02. The van der Waals surface area contributed by atoms with Crippen LogP contribution in [0.1, 0.15) is 12.6 Å². The normalized spacial score (nSPS) is 14.8. The second kappa shape index (κ2) is 3.35. The summed E-state index contributed by atoms with van der Waals surface area (Å²) in [6, 6.07) is 5.79. The summed E-state index contributed by atoms with van der Waals surface area (Å²) >= 11 is 0. The SMILES string of the molecule is CC1=NN=C(Cc2ccccn2)[N]1. The zero-order chi connectivity index (χ0) is 9.10. The van der Waals surface area contributed by atoms with Gasteiger partial charge in [0.15, 0.2) is 5.84 Å². The van der Waals surface area contributed by atoms with E-state index in [0.29, 0.717) is 12.3 Å². The number of amidine groups is 2. The van der Waals surface area contributed by atoms with Crippen molar-refractivity contribution in [3.63, 3.8) is 0 Å². The summed E-state index contributed by atoms with van der Waals surface area (Å²) in [6.07, 6.45) is 2.42. The largest absolute Gasteiger partial charge is 0.261 e. The van der Waals surface area contributed by atoms with E-state index in [1.54, 1.807) is 6.20 Å². The van der Waals surface area contributed by atoms with Crippen LogP contribution < -0.4 is 5.32 Å². The third-order valence-electron chi connectivity index (χ3n) is 1.67. The molecule has 0 saturated carbocycles. The Labute approximate surface area is 76.4 Å². The fourth-order valence-electron chi connectivity index (χ4n) is 1.10. The molecule has 0 aromatic carbocycles. The molecular weight excluding hydrogens is 164 g/mol. The van der Waals surface area contributed by atoms with E-state index in [9.17, 15) is 0 Å². The first-order valence-corrected chi connectivity index (χ1v) is 4.07. The molecule has 2 rings (SSSR count). The molecule has 4 heteroatoms.